The van der Waals surface area contributed by atoms with E-state index in [9.17, 15) is 4.39 Å². The minimum Gasteiger partial charge on any atom is -0.380 e. The van der Waals surface area contributed by atoms with Crippen molar-refractivity contribution in [1.82, 2.24) is 10.2 Å². The monoisotopic (exact) mass is 308 g/mol. The van der Waals surface area contributed by atoms with Crippen molar-refractivity contribution in [2.24, 2.45) is 4.99 Å². The van der Waals surface area contributed by atoms with Gasteiger partial charge in [-0.1, -0.05) is 0 Å². The van der Waals surface area contributed by atoms with Crippen molar-refractivity contribution in [2.75, 3.05) is 57.9 Å². The topological polar surface area (TPSA) is 40.1 Å². The number of benzene rings is 1. The van der Waals surface area contributed by atoms with Crippen LogP contribution in [0.2, 0.25) is 0 Å². The second-order valence-electron chi connectivity index (χ2n) is 5.12. The van der Waals surface area contributed by atoms with E-state index in [4.69, 9.17) is 4.74 Å². The van der Waals surface area contributed by atoms with Gasteiger partial charge < -0.3 is 19.9 Å². The lowest BCUT2D eigenvalue weighted by Gasteiger charge is -2.37. The van der Waals surface area contributed by atoms with Gasteiger partial charge in [-0.3, -0.25) is 4.99 Å². The molecular weight excluding hydrogens is 283 g/mol. The van der Waals surface area contributed by atoms with Crippen LogP contribution in [0.15, 0.2) is 29.3 Å². The fourth-order valence-corrected chi connectivity index (χ4v) is 2.54. The standard InChI is InChI=1S/C16H25FN4O/c1-3-22-13-8-19-16(18-2)21-11-9-20(10-12-21)15-6-4-14(17)5-7-15/h4-7H,3,8-13H2,1-2H3,(H,18,19). The van der Waals surface area contributed by atoms with Crippen molar-refractivity contribution in [3.8, 4) is 0 Å². The maximum atomic E-state index is 13.0. The molecule has 2 rings (SSSR count). The summed E-state index contributed by atoms with van der Waals surface area (Å²) in [6.45, 7) is 7.76. The van der Waals surface area contributed by atoms with Crippen LogP contribution in [0.25, 0.3) is 0 Å². The molecule has 1 heterocycles. The van der Waals surface area contributed by atoms with Gasteiger partial charge in [-0.2, -0.15) is 0 Å². The summed E-state index contributed by atoms with van der Waals surface area (Å²) in [5.41, 5.74) is 1.07. The molecule has 0 unspecified atom stereocenters. The lowest BCUT2D eigenvalue weighted by atomic mass is 10.2. The van der Waals surface area contributed by atoms with E-state index >= 15 is 0 Å². The molecule has 5 nitrogen and oxygen atoms in total. The number of ether oxygens (including phenoxy) is 1. The quantitative estimate of drug-likeness (QED) is 0.509. The lowest BCUT2D eigenvalue weighted by molar-refractivity contribution is 0.151. The first-order valence-corrected chi connectivity index (χ1v) is 7.78. The smallest absolute Gasteiger partial charge is 0.193 e. The highest BCUT2D eigenvalue weighted by Crippen LogP contribution is 2.16. The van der Waals surface area contributed by atoms with E-state index in [1.54, 1.807) is 7.05 Å². The van der Waals surface area contributed by atoms with Gasteiger partial charge >= 0.3 is 0 Å². The van der Waals surface area contributed by atoms with E-state index < -0.39 is 0 Å². The third-order valence-electron chi connectivity index (χ3n) is 3.72. The molecule has 122 valence electrons. The van der Waals surface area contributed by atoms with Crippen molar-refractivity contribution in [1.29, 1.82) is 0 Å². The average molecular weight is 308 g/mol. The van der Waals surface area contributed by atoms with Gasteiger partial charge in [0.15, 0.2) is 5.96 Å². The molecule has 6 heteroatoms. The van der Waals surface area contributed by atoms with Crippen LogP contribution < -0.4 is 10.2 Å². The SMILES string of the molecule is CCOCCNC(=NC)N1CCN(c2ccc(F)cc2)CC1. The van der Waals surface area contributed by atoms with Gasteiger partial charge in [-0.05, 0) is 31.2 Å². The summed E-state index contributed by atoms with van der Waals surface area (Å²) >= 11 is 0. The molecule has 1 aliphatic heterocycles. The number of piperazine rings is 1. The van der Waals surface area contributed by atoms with Crippen LogP contribution >= 0.6 is 0 Å². The molecular formula is C16H25FN4O. The van der Waals surface area contributed by atoms with Gasteiger partial charge in [0.05, 0.1) is 6.61 Å². The maximum absolute atomic E-state index is 13.0. The molecule has 0 aromatic heterocycles. The van der Waals surface area contributed by atoms with Crippen LogP contribution in [0.1, 0.15) is 6.92 Å². The van der Waals surface area contributed by atoms with Crippen molar-refractivity contribution >= 4 is 11.6 Å². The van der Waals surface area contributed by atoms with E-state index in [0.29, 0.717) is 6.61 Å². The largest absolute Gasteiger partial charge is 0.380 e. The van der Waals surface area contributed by atoms with Crippen LogP contribution in [0.5, 0.6) is 0 Å². The Hall–Kier alpha value is -1.82. The second-order valence-corrected chi connectivity index (χ2v) is 5.12. The Labute approximate surface area is 131 Å². The number of rotatable bonds is 5. The average Bonchev–Trinajstić information content (AvgIpc) is 2.56. The Morgan fingerprint density at radius 3 is 2.50 bits per heavy atom. The molecule has 0 spiro atoms. The van der Waals surface area contributed by atoms with Crippen LogP contribution in [0, 0.1) is 5.82 Å². The van der Waals surface area contributed by atoms with E-state index in [1.807, 2.05) is 19.1 Å². The van der Waals surface area contributed by atoms with Gasteiger partial charge in [0.2, 0.25) is 0 Å². The molecule has 0 radical (unpaired) electrons. The number of hydrogen-bond acceptors (Lipinski definition) is 3. The number of aliphatic imine (C=N–C) groups is 1. The number of guanidine groups is 1. The lowest BCUT2D eigenvalue weighted by Crippen LogP contribution is -2.53. The fraction of sp³-hybridized carbons (Fsp3) is 0.562. The van der Waals surface area contributed by atoms with E-state index in [0.717, 1.165) is 51.0 Å². The van der Waals surface area contributed by atoms with Gasteiger partial charge in [-0.25, -0.2) is 4.39 Å². The molecule has 1 aromatic carbocycles. The number of halogens is 1. The highest BCUT2D eigenvalue weighted by molar-refractivity contribution is 5.80. The summed E-state index contributed by atoms with van der Waals surface area (Å²) in [5.74, 6) is 0.722. The fourth-order valence-electron chi connectivity index (χ4n) is 2.54. The normalized spacial score (nSPS) is 16.0. The van der Waals surface area contributed by atoms with Gasteiger partial charge in [-0.15, -0.1) is 0 Å². The van der Waals surface area contributed by atoms with Crippen molar-refractivity contribution in [3.05, 3.63) is 30.1 Å². The Morgan fingerprint density at radius 1 is 1.23 bits per heavy atom. The van der Waals surface area contributed by atoms with Crippen LogP contribution in [-0.4, -0.2) is 63.8 Å². The molecule has 22 heavy (non-hydrogen) atoms. The molecule has 1 aromatic rings. The third kappa shape index (κ3) is 4.59. The summed E-state index contributed by atoms with van der Waals surface area (Å²) in [6.07, 6.45) is 0. The maximum Gasteiger partial charge on any atom is 0.193 e. The predicted octanol–water partition coefficient (Wildman–Crippen LogP) is 1.56. The van der Waals surface area contributed by atoms with Crippen molar-refractivity contribution in [2.45, 2.75) is 6.92 Å². The summed E-state index contributed by atoms with van der Waals surface area (Å²) in [6, 6.07) is 6.69. The summed E-state index contributed by atoms with van der Waals surface area (Å²) in [4.78, 5) is 8.84. The Morgan fingerprint density at radius 2 is 1.91 bits per heavy atom. The summed E-state index contributed by atoms with van der Waals surface area (Å²) < 4.78 is 18.3. The molecule has 0 atom stereocenters. The van der Waals surface area contributed by atoms with Gasteiger partial charge in [0, 0.05) is 52.1 Å². The number of nitrogens with zero attached hydrogens (tertiary/aromatic N) is 3. The predicted molar refractivity (Wildman–Crippen MR) is 88.0 cm³/mol. The van der Waals surface area contributed by atoms with E-state index in [1.165, 1.54) is 12.1 Å². The molecule has 1 fully saturated rings. The number of nitrogens with one attached hydrogen (secondary N) is 1. The first kappa shape index (κ1) is 16.5. The molecule has 0 bridgehead atoms. The zero-order valence-corrected chi connectivity index (χ0v) is 13.4. The highest BCUT2D eigenvalue weighted by atomic mass is 19.1. The summed E-state index contributed by atoms with van der Waals surface area (Å²) in [5, 5.41) is 3.32. The molecule has 0 aliphatic carbocycles. The second kappa shape index (κ2) is 8.58. The van der Waals surface area contributed by atoms with Crippen LogP contribution in [0.4, 0.5) is 10.1 Å². The minimum atomic E-state index is -0.193. The number of anilines is 1. The first-order valence-electron chi connectivity index (χ1n) is 7.78. The molecule has 0 saturated carbocycles. The van der Waals surface area contributed by atoms with E-state index in [2.05, 4.69) is 20.1 Å². The van der Waals surface area contributed by atoms with Crippen LogP contribution in [-0.2, 0) is 4.74 Å². The first-order chi connectivity index (χ1) is 10.7. The zero-order valence-electron chi connectivity index (χ0n) is 13.4. The minimum absolute atomic E-state index is 0.193. The molecule has 1 saturated heterocycles. The third-order valence-corrected chi connectivity index (χ3v) is 3.72. The summed E-state index contributed by atoms with van der Waals surface area (Å²) in [7, 11) is 1.80. The molecule has 1 aliphatic rings. The zero-order chi connectivity index (χ0) is 15.8. The number of hydrogen-bond donors (Lipinski definition) is 1. The van der Waals surface area contributed by atoms with Gasteiger partial charge in [0.1, 0.15) is 5.82 Å². The highest BCUT2D eigenvalue weighted by Gasteiger charge is 2.19. The Balaban J connectivity index is 1.81. The van der Waals surface area contributed by atoms with Crippen molar-refractivity contribution < 1.29 is 9.13 Å². The molecule has 0 amide bonds. The van der Waals surface area contributed by atoms with E-state index in [-0.39, 0.29) is 5.82 Å². The molecule has 1 N–H and O–H groups in total. The Bertz CT molecular complexity index is 470. The Kier molecular flexibility index (Phi) is 6.45. The van der Waals surface area contributed by atoms with Gasteiger partial charge in [0.25, 0.3) is 0 Å². The van der Waals surface area contributed by atoms with Crippen molar-refractivity contribution in [3.63, 3.8) is 0 Å². The van der Waals surface area contributed by atoms with Crippen LogP contribution in [0.3, 0.4) is 0 Å².